The van der Waals surface area contributed by atoms with Crippen LogP contribution < -0.4 is 5.32 Å². The topological polar surface area (TPSA) is 32.3 Å². The molecule has 2 aliphatic carbocycles. The van der Waals surface area contributed by atoms with Gasteiger partial charge in [0, 0.05) is 12.1 Å². The number of nitrogens with one attached hydrogen (secondary N) is 1. The fourth-order valence-corrected chi connectivity index (χ4v) is 4.00. The van der Waals surface area contributed by atoms with Gasteiger partial charge in [-0.05, 0) is 35.8 Å². The molecule has 0 spiro atoms. The summed E-state index contributed by atoms with van der Waals surface area (Å²) in [7, 11) is 0. The van der Waals surface area contributed by atoms with Crippen LogP contribution in [0.15, 0.2) is 24.3 Å². The zero-order valence-electron chi connectivity index (χ0n) is 12.7. The van der Waals surface area contributed by atoms with Gasteiger partial charge < -0.3 is 10.4 Å². The van der Waals surface area contributed by atoms with E-state index in [1.165, 1.54) is 30.4 Å². The number of rotatable bonds is 2. The molecule has 3 atom stereocenters. The highest BCUT2D eigenvalue weighted by Crippen LogP contribution is 2.45. The molecule has 1 aromatic rings. The van der Waals surface area contributed by atoms with Crippen LogP contribution in [-0.4, -0.2) is 17.3 Å². The predicted octanol–water partition coefficient (Wildman–Crippen LogP) is 3.59. The summed E-state index contributed by atoms with van der Waals surface area (Å²) in [6.07, 6.45) is 6.68. The molecule has 2 heteroatoms. The van der Waals surface area contributed by atoms with Crippen LogP contribution in [0.5, 0.6) is 0 Å². The summed E-state index contributed by atoms with van der Waals surface area (Å²) < 4.78 is 0. The average Bonchev–Trinajstić information content (AvgIpc) is 2.54. The van der Waals surface area contributed by atoms with Crippen molar-refractivity contribution in [1.29, 1.82) is 0 Å². The Bertz CT molecular complexity index is 468. The molecule has 20 heavy (non-hydrogen) atoms. The first kappa shape index (κ1) is 14.1. The minimum Gasteiger partial charge on any atom is -0.392 e. The molecule has 3 unspecified atom stereocenters. The molecule has 0 amide bonds. The summed E-state index contributed by atoms with van der Waals surface area (Å²) in [5, 5.41) is 14.2. The summed E-state index contributed by atoms with van der Waals surface area (Å²) in [6, 6.07) is 9.41. The molecule has 3 rings (SSSR count). The normalized spacial score (nSPS) is 32.6. The Kier molecular flexibility index (Phi) is 3.87. The molecule has 0 bridgehead atoms. The summed E-state index contributed by atoms with van der Waals surface area (Å²) in [5.74, 6) is 0. The largest absolute Gasteiger partial charge is 0.392 e. The Hall–Kier alpha value is -0.860. The van der Waals surface area contributed by atoms with Crippen LogP contribution in [0.1, 0.15) is 63.1 Å². The summed E-state index contributed by atoms with van der Waals surface area (Å²) in [5.41, 5.74) is 3.14. The molecule has 0 saturated heterocycles. The highest BCUT2D eigenvalue weighted by Gasteiger charge is 2.40. The lowest BCUT2D eigenvalue weighted by atomic mass is 9.84. The summed E-state index contributed by atoms with van der Waals surface area (Å²) >= 11 is 0. The predicted molar refractivity (Wildman–Crippen MR) is 82.7 cm³/mol. The minimum atomic E-state index is -0.180. The third-order valence-corrected chi connectivity index (χ3v) is 5.15. The Labute approximate surface area is 122 Å². The number of aliphatic hydroxyl groups excluding tert-OH is 1. The molecule has 0 radical (unpaired) electrons. The van der Waals surface area contributed by atoms with E-state index in [0.717, 1.165) is 19.3 Å². The third-order valence-electron chi connectivity index (χ3n) is 5.15. The van der Waals surface area contributed by atoms with Crippen molar-refractivity contribution in [2.45, 2.75) is 70.6 Å². The molecule has 2 nitrogen and oxygen atoms in total. The lowest BCUT2D eigenvalue weighted by Crippen LogP contribution is -2.44. The highest BCUT2D eigenvalue weighted by molar-refractivity contribution is 5.37. The zero-order valence-corrected chi connectivity index (χ0v) is 12.7. The van der Waals surface area contributed by atoms with E-state index in [2.05, 4.69) is 43.4 Å². The van der Waals surface area contributed by atoms with Crippen LogP contribution in [-0.2, 0) is 6.42 Å². The van der Waals surface area contributed by atoms with Crippen LogP contribution >= 0.6 is 0 Å². The molecule has 2 aliphatic rings. The van der Waals surface area contributed by atoms with Crippen molar-refractivity contribution < 1.29 is 5.11 Å². The smallest absolute Gasteiger partial charge is 0.0693 e. The van der Waals surface area contributed by atoms with Gasteiger partial charge in [-0.15, -0.1) is 0 Å². The van der Waals surface area contributed by atoms with E-state index in [9.17, 15) is 5.11 Å². The molecular weight excluding hydrogens is 246 g/mol. The second-order valence-electron chi connectivity index (χ2n) is 7.28. The van der Waals surface area contributed by atoms with Gasteiger partial charge in [0.05, 0.1) is 6.10 Å². The fraction of sp³-hybridized carbons (Fsp3) is 0.667. The Morgan fingerprint density at radius 3 is 2.70 bits per heavy atom. The van der Waals surface area contributed by atoms with Crippen LogP contribution in [0.4, 0.5) is 0 Å². The number of hydrogen-bond donors (Lipinski definition) is 2. The zero-order chi connectivity index (χ0) is 14.2. The van der Waals surface area contributed by atoms with Crippen molar-refractivity contribution in [2.75, 3.05) is 0 Å². The number of hydrogen-bond acceptors (Lipinski definition) is 2. The van der Waals surface area contributed by atoms with Gasteiger partial charge in [0.2, 0.25) is 0 Å². The van der Waals surface area contributed by atoms with Gasteiger partial charge in [0.15, 0.2) is 0 Å². The third kappa shape index (κ3) is 2.64. The quantitative estimate of drug-likeness (QED) is 0.807. The van der Waals surface area contributed by atoms with Crippen molar-refractivity contribution >= 4 is 0 Å². The number of benzene rings is 1. The highest BCUT2D eigenvalue weighted by atomic mass is 16.3. The van der Waals surface area contributed by atoms with E-state index in [-0.39, 0.29) is 17.6 Å². The monoisotopic (exact) mass is 273 g/mol. The maximum atomic E-state index is 10.4. The van der Waals surface area contributed by atoms with Crippen molar-refractivity contribution in [3.63, 3.8) is 0 Å². The molecule has 1 fully saturated rings. The Morgan fingerprint density at radius 2 is 1.85 bits per heavy atom. The van der Waals surface area contributed by atoms with Crippen molar-refractivity contribution in [3.05, 3.63) is 35.4 Å². The van der Waals surface area contributed by atoms with Gasteiger partial charge in [-0.2, -0.15) is 0 Å². The maximum absolute atomic E-state index is 10.4. The molecule has 0 aromatic heterocycles. The molecule has 2 N–H and O–H groups in total. The fourth-order valence-electron chi connectivity index (χ4n) is 4.00. The second-order valence-corrected chi connectivity index (χ2v) is 7.28. The lowest BCUT2D eigenvalue weighted by Gasteiger charge is -2.34. The first-order valence-electron chi connectivity index (χ1n) is 8.10. The van der Waals surface area contributed by atoms with E-state index in [1.807, 2.05) is 0 Å². The summed E-state index contributed by atoms with van der Waals surface area (Å²) in [4.78, 5) is 0. The molecule has 1 saturated carbocycles. The van der Waals surface area contributed by atoms with Crippen LogP contribution in [0.2, 0.25) is 0 Å². The second kappa shape index (κ2) is 5.50. The SMILES string of the molecule is CC1(C)Cc2ccccc2C1NC1CCCCCC1O. The average molecular weight is 273 g/mol. The first-order valence-corrected chi connectivity index (χ1v) is 8.10. The van der Waals surface area contributed by atoms with Crippen molar-refractivity contribution in [1.82, 2.24) is 5.32 Å². The van der Waals surface area contributed by atoms with Gasteiger partial charge in [-0.3, -0.25) is 0 Å². The van der Waals surface area contributed by atoms with Gasteiger partial charge >= 0.3 is 0 Å². The molecular formula is C18H27NO. The van der Waals surface area contributed by atoms with Crippen LogP contribution in [0.3, 0.4) is 0 Å². The minimum absolute atomic E-state index is 0.180. The van der Waals surface area contributed by atoms with Gasteiger partial charge in [-0.1, -0.05) is 57.4 Å². The van der Waals surface area contributed by atoms with Gasteiger partial charge in [-0.25, -0.2) is 0 Å². The first-order chi connectivity index (χ1) is 9.58. The summed E-state index contributed by atoms with van der Waals surface area (Å²) in [6.45, 7) is 4.68. The molecule has 110 valence electrons. The van der Waals surface area contributed by atoms with E-state index >= 15 is 0 Å². The van der Waals surface area contributed by atoms with E-state index in [1.54, 1.807) is 0 Å². The molecule has 0 aliphatic heterocycles. The Morgan fingerprint density at radius 1 is 1.10 bits per heavy atom. The van der Waals surface area contributed by atoms with E-state index in [4.69, 9.17) is 0 Å². The maximum Gasteiger partial charge on any atom is 0.0693 e. The van der Waals surface area contributed by atoms with Crippen molar-refractivity contribution in [3.8, 4) is 0 Å². The lowest BCUT2D eigenvalue weighted by molar-refractivity contribution is 0.100. The number of aliphatic hydroxyl groups is 1. The van der Waals surface area contributed by atoms with E-state index in [0.29, 0.717) is 6.04 Å². The van der Waals surface area contributed by atoms with Crippen LogP contribution in [0, 0.1) is 5.41 Å². The van der Waals surface area contributed by atoms with Gasteiger partial charge in [0.25, 0.3) is 0 Å². The molecule has 1 aromatic carbocycles. The molecule has 0 heterocycles. The Balaban J connectivity index is 1.81. The standard InChI is InChI=1S/C18H27NO/c1-18(2)12-13-8-6-7-9-14(13)17(18)19-15-10-4-3-5-11-16(15)20/h6-9,15-17,19-20H,3-5,10-12H2,1-2H3. The van der Waals surface area contributed by atoms with E-state index < -0.39 is 0 Å². The van der Waals surface area contributed by atoms with Crippen molar-refractivity contribution in [2.24, 2.45) is 5.41 Å². The number of fused-ring (bicyclic) bond motifs is 1. The van der Waals surface area contributed by atoms with Gasteiger partial charge in [0.1, 0.15) is 0 Å². The van der Waals surface area contributed by atoms with Crippen LogP contribution in [0.25, 0.3) is 0 Å².